The van der Waals surface area contributed by atoms with Crippen molar-refractivity contribution in [3.63, 3.8) is 0 Å². The van der Waals surface area contributed by atoms with Gasteiger partial charge in [-0.3, -0.25) is 4.79 Å². The van der Waals surface area contributed by atoms with Crippen LogP contribution >= 0.6 is 11.3 Å². The zero-order chi connectivity index (χ0) is 23.1. The third-order valence-corrected chi connectivity index (χ3v) is 8.69. The highest BCUT2D eigenvalue weighted by Crippen LogP contribution is 2.31. The molecule has 1 aliphatic rings. The Labute approximate surface area is 193 Å². The van der Waals surface area contributed by atoms with E-state index >= 15 is 0 Å². The molecule has 2 heterocycles. The minimum Gasteiger partial charge on any atom is -0.493 e. The molecule has 1 aliphatic heterocycles. The average Bonchev–Trinajstić information content (AvgIpc) is 3.47. The first-order valence-corrected chi connectivity index (χ1v) is 12.8. The van der Waals surface area contributed by atoms with Crippen molar-refractivity contribution < 1.29 is 27.4 Å². The number of nitrogens with zero attached hydrogens (tertiary/aromatic N) is 1. The predicted molar refractivity (Wildman–Crippen MR) is 123 cm³/mol. The van der Waals surface area contributed by atoms with Crippen LogP contribution in [0.25, 0.3) is 0 Å². The third-order valence-electron chi connectivity index (χ3n) is 5.24. The Kier molecular flexibility index (Phi) is 8.52. The number of benzene rings is 1. The van der Waals surface area contributed by atoms with Crippen LogP contribution in [0.3, 0.4) is 0 Å². The summed E-state index contributed by atoms with van der Waals surface area (Å²) in [4.78, 5) is 13.3. The van der Waals surface area contributed by atoms with Gasteiger partial charge in [-0.05, 0) is 49.6 Å². The lowest BCUT2D eigenvalue weighted by molar-refractivity contribution is -0.121. The molecular formula is C22H30N2O6S2. The average molecular weight is 483 g/mol. The lowest BCUT2D eigenvalue weighted by atomic mass is 10.1. The number of hydrogen-bond donors (Lipinski definition) is 1. The van der Waals surface area contributed by atoms with Gasteiger partial charge in [0, 0.05) is 25.1 Å². The maximum absolute atomic E-state index is 12.7. The first-order valence-electron chi connectivity index (χ1n) is 10.5. The molecule has 176 valence electrons. The van der Waals surface area contributed by atoms with E-state index in [1.165, 1.54) is 4.31 Å². The Morgan fingerprint density at radius 2 is 1.88 bits per heavy atom. The van der Waals surface area contributed by atoms with Gasteiger partial charge < -0.3 is 19.5 Å². The zero-order valence-electron chi connectivity index (χ0n) is 18.6. The summed E-state index contributed by atoms with van der Waals surface area (Å²) in [5.41, 5.74) is 0.873. The second-order valence-corrected chi connectivity index (χ2v) is 10.9. The van der Waals surface area contributed by atoms with E-state index in [2.05, 4.69) is 5.32 Å². The molecule has 10 heteroatoms. The van der Waals surface area contributed by atoms with Gasteiger partial charge in [0.1, 0.15) is 10.8 Å². The summed E-state index contributed by atoms with van der Waals surface area (Å²) in [6.45, 7) is 3.90. The van der Waals surface area contributed by atoms with E-state index in [9.17, 15) is 13.2 Å². The highest BCUT2D eigenvalue weighted by Gasteiger charge is 2.28. The van der Waals surface area contributed by atoms with Crippen LogP contribution in [0.4, 0.5) is 0 Å². The third kappa shape index (κ3) is 6.00. The van der Waals surface area contributed by atoms with Crippen LogP contribution in [0.15, 0.2) is 34.5 Å². The molecule has 32 heavy (non-hydrogen) atoms. The Morgan fingerprint density at radius 1 is 1.12 bits per heavy atom. The van der Waals surface area contributed by atoms with Crippen LogP contribution in [-0.4, -0.2) is 59.2 Å². The van der Waals surface area contributed by atoms with Gasteiger partial charge >= 0.3 is 0 Å². The number of rotatable bonds is 11. The van der Waals surface area contributed by atoms with Gasteiger partial charge in [-0.15, -0.1) is 11.3 Å². The van der Waals surface area contributed by atoms with Gasteiger partial charge in [-0.25, -0.2) is 8.42 Å². The van der Waals surface area contributed by atoms with Crippen molar-refractivity contribution >= 4 is 27.3 Å². The molecule has 0 aliphatic carbocycles. The van der Waals surface area contributed by atoms with Crippen molar-refractivity contribution in [3.8, 4) is 11.5 Å². The fourth-order valence-corrected chi connectivity index (χ4v) is 6.52. The van der Waals surface area contributed by atoms with E-state index in [0.717, 1.165) is 29.7 Å². The van der Waals surface area contributed by atoms with Crippen LogP contribution in [0, 0.1) is 0 Å². The smallest absolute Gasteiger partial charge is 0.252 e. The molecule has 3 rings (SSSR count). The van der Waals surface area contributed by atoms with Gasteiger partial charge in [0.25, 0.3) is 10.0 Å². The molecule has 1 aromatic carbocycles. The highest BCUT2D eigenvalue weighted by molar-refractivity contribution is 7.91. The van der Waals surface area contributed by atoms with Crippen molar-refractivity contribution in [2.24, 2.45) is 0 Å². The lowest BCUT2D eigenvalue weighted by Gasteiger charge is -2.17. The molecule has 0 radical (unpaired) electrons. The Morgan fingerprint density at radius 3 is 2.56 bits per heavy atom. The van der Waals surface area contributed by atoms with Crippen LogP contribution in [0.5, 0.6) is 11.5 Å². The zero-order valence-corrected chi connectivity index (χ0v) is 20.3. The van der Waals surface area contributed by atoms with Crippen molar-refractivity contribution in [3.05, 3.63) is 40.8 Å². The van der Waals surface area contributed by atoms with Gasteiger partial charge in [0.15, 0.2) is 11.5 Å². The van der Waals surface area contributed by atoms with Crippen molar-refractivity contribution in [1.82, 2.24) is 9.62 Å². The molecule has 1 N–H and O–H groups in total. The largest absolute Gasteiger partial charge is 0.493 e. The first kappa shape index (κ1) is 24.5. The Bertz CT molecular complexity index is 1020. The predicted octanol–water partition coefficient (Wildman–Crippen LogP) is 2.99. The van der Waals surface area contributed by atoms with Crippen LogP contribution in [0.2, 0.25) is 0 Å². The maximum Gasteiger partial charge on any atom is 0.252 e. The number of carbonyl (C=O) groups is 1. The first-order chi connectivity index (χ1) is 15.3. The summed E-state index contributed by atoms with van der Waals surface area (Å²) in [6.07, 6.45) is 1.91. The number of methoxy groups -OCH3 is 2. The number of ether oxygens (including phenoxy) is 3. The summed E-state index contributed by atoms with van der Waals surface area (Å²) in [7, 11) is -0.279. The SMILES string of the molecule is COCCOc1ccc(C(C)NC(=O)Cc2ccc(S(=O)(=O)N3CCCC3)s2)cc1OC. The molecule has 1 amide bonds. The summed E-state index contributed by atoms with van der Waals surface area (Å²) < 4.78 is 43.2. The molecule has 0 saturated carbocycles. The normalized spacial score (nSPS) is 15.5. The molecule has 1 unspecified atom stereocenters. The monoisotopic (exact) mass is 482 g/mol. The maximum atomic E-state index is 12.7. The molecule has 1 aromatic heterocycles. The number of nitrogens with one attached hydrogen (secondary N) is 1. The van der Waals surface area contributed by atoms with Gasteiger partial charge in [-0.2, -0.15) is 4.31 Å². The molecule has 1 atom stereocenters. The topological polar surface area (TPSA) is 94.2 Å². The van der Waals surface area contributed by atoms with Gasteiger partial charge in [0.2, 0.25) is 5.91 Å². The quantitative estimate of drug-likeness (QED) is 0.495. The number of thiophene rings is 1. The van der Waals surface area contributed by atoms with Gasteiger partial charge in [0.05, 0.1) is 26.2 Å². The fraction of sp³-hybridized carbons (Fsp3) is 0.500. The Balaban J connectivity index is 1.60. The molecule has 2 aromatic rings. The van der Waals surface area contributed by atoms with Crippen molar-refractivity contribution in [2.45, 2.75) is 36.4 Å². The minimum absolute atomic E-state index is 0.125. The molecule has 1 fully saturated rings. The van der Waals surface area contributed by atoms with Crippen LogP contribution in [0.1, 0.15) is 36.2 Å². The second-order valence-electron chi connectivity index (χ2n) is 7.55. The van der Waals surface area contributed by atoms with Crippen molar-refractivity contribution in [1.29, 1.82) is 0 Å². The fourth-order valence-electron chi connectivity index (χ4n) is 3.49. The Hall–Kier alpha value is -2.14. The number of sulfonamides is 1. The summed E-state index contributed by atoms with van der Waals surface area (Å²) in [5.74, 6) is 1.01. The van der Waals surface area contributed by atoms with Crippen LogP contribution in [-0.2, 0) is 26.0 Å². The summed E-state index contributed by atoms with van der Waals surface area (Å²) in [6, 6.07) is 8.57. The second kappa shape index (κ2) is 11.1. The number of amides is 1. The molecule has 8 nitrogen and oxygen atoms in total. The number of hydrogen-bond acceptors (Lipinski definition) is 7. The van der Waals surface area contributed by atoms with Crippen LogP contribution < -0.4 is 14.8 Å². The molecule has 1 saturated heterocycles. The van der Waals surface area contributed by atoms with E-state index in [1.807, 2.05) is 19.1 Å². The van der Waals surface area contributed by atoms with Gasteiger partial charge in [-0.1, -0.05) is 6.07 Å². The minimum atomic E-state index is -3.45. The lowest BCUT2D eigenvalue weighted by Crippen LogP contribution is -2.28. The van der Waals surface area contributed by atoms with E-state index in [-0.39, 0.29) is 18.4 Å². The van der Waals surface area contributed by atoms with E-state index in [1.54, 1.807) is 32.4 Å². The highest BCUT2D eigenvalue weighted by atomic mass is 32.2. The van der Waals surface area contributed by atoms with E-state index in [4.69, 9.17) is 14.2 Å². The molecular weight excluding hydrogens is 452 g/mol. The molecule has 0 bridgehead atoms. The standard InChI is InChI=1S/C22H30N2O6S2/c1-16(17-6-8-19(20(14-17)29-3)30-13-12-28-2)23-21(25)15-18-7-9-22(31-18)32(26,27)24-10-4-5-11-24/h6-9,14,16H,4-5,10-13,15H2,1-3H3,(H,23,25). The number of carbonyl (C=O) groups excluding carboxylic acids is 1. The van der Waals surface area contributed by atoms with E-state index < -0.39 is 10.0 Å². The van der Waals surface area contributed by atoms with E-state index in [0.29, 0.717) is 46.9 Å². The summed E-state index contributed by atoms with van der Waals surface area (Å²) in [5, 5.41) is 2.96. The van der Waals surface area contributed by atoms with Crippen molar-refractivity contribution in [2.75, 3.05) is 40.5 Å². The summed E-state index contributed by atoms with van der Waals surface area (Å²) >= 11 is 1.16. The molecule has 0 spiro atoms.